The lowest BCUT2D eigenvalue weighted by molar-refractivity contribution is -0.210. The number of piperazine rings is 1. The Bertz CT molecular complexity index is 881. The Morgan fingerprint density at radius 1 is 1.30 bits per heavy atom. The van der Waals surface area contributed by atoms with Crippen LogP contribution in [0.4, 0.5) is 22.4 Å². The highest BCUT2D eigenvalue weighted by atomic mass is 35.5. The van der Waals surface area contributed by atoms with Gasteiger partial charge >= 0.3 is 6.03 Å². The van der Waals surface area contributed by atoms with Crippen molar-refractivity contribution in [3.8, 4) is 0 Å². The molecule has 0 bridgehead atoms. The Balaban J connectivity index is 1.56. The second kappa shape index (κ2) is 7.28. The highest BCUT2D eigenvalue weighted by molar-refractivity contribution is 6.31. The molecule has 1 aliphatic heterocycles. The molecular weight excluding hydrogens is 426 g/mol. The maximum Gasteiger partial charge on any atom is 0.318 e. The zero-order valence-electron chi connectivity index (χ0n) is 16.3. The number of benzene rings is 1. The minimum Gasteiger partial charge on any atom is -0.353 e. The van der Waals surface area contributed by atoms with Gasteiger partial charge in [-0.05, 0) is 37.2 Å². The summed E-state index contributed by atoms with van der Waals surface area (Å²) < 4.78 is 55.1. The van der Waals surface area contributed by atoms with Crippen molar-refractivity contribution in [3.63, 3.8) is 0 Å². The van der Waals surface area contributed by atoms with E-state index in [0.717, 1.165) is 6.07 Å². The third-order valence-corrected chi connectivity index (χ3v) is 6.91. The second-order valence-corrected chi connectivity index (χ2v) is 9.11. The molecule has 0 unspecified atom stereocenters. The molecule has 2 saturated carbocycles. The predicted octanol–water partition coefficient (Wildman–Crippen LogP) is 4.01. The van der Waals surface area contributed by atoms with Gasteiger partial charge in [-0.1, -0.05) is 17.7 Å². The van der Waals surface area contributed by atoms with Gasteiger partial charge in [-0.2, -0.15) is 0 Å². The molecular formula is C20H22ClF4N3O2. The molecule has 1 aromatic carbocycles. The topological polar surface area (TPSA) is 61.4 Å². The van der Waals surface area contributed by atoms with Crippen LogP contribution in [0.2, 0.25) is 5.02 Å². The molecule has 30 heavy (non-hydrogen) atoms. The number of carbonyl (C=O) groups is 2. The van der Waals surface area contributed by atoms with Crippen LogP contribution in [-0.4, -0.2) is 41.9 Å². The highest BCUT2D eigenvalue weighted by Crippen LogP contribution is 2.66. The van der Waals surface area contributed by atoms with E-state index >= 15 is 0 Å². The van der Waals surface area contributed by atoms with E-state index in [1.807, 2.05) is 0 Å². The van der Waals surface area contributed by atoms with Crippen LogP contribution in [0, 0.1) is 23.0 Å². The predicted molar refractivity (Wildman–Crippen MR) is 101 cm³/mol. The van der Waals surface area contributed by atoms with E-state index in [1.165, 1.54) is 11.0 Å². The van der Waals surface area contributed by atoms with Crippen molar-refractivity contribution in [1.82, 2.24) is 15.5 Å². The van der Waals surface area contributed by atoms with E-state index in [-0.39, 0.29) is 36.8 Å². The Kier molecular flexibility index (Phi) is 5.15. The molecule has 1 heterocycles. The van der Waals surface area contributed by atoms with E-state index in [9.17, 15) is 27.2 Å². The van der Waals surface area contributed by atoms with E-state index in [1.54, 1.807) is 6.92 Å². The van der Waals surface area contributed by atoms with Crippen LogP contribution in [-0.2, 0) is 4.79 Å². The Labute approximate surface area is 176 Å². The molecule has 2 N–H and O–H groups in total. The number of amides is 3. The summed E-state index contributed by atoms with van der Waals surface area (Å²) in [5, 5.41) is 4.72. The Morgan fingerprint density at radius 3 is 2.60 bits per heavy atom. The van der Waals surface area contributed by atoms with Crippen molar-refractivity contribution >= 4 is 23.5 Å². The summed E-state index contributed by atoms with van der Waals surface area (Å²) in [6.07, 6.45) is 0.371. The minimum absolute atomic E-state index is 0.00907. The van der Waals surface area contributed by atoms with Gasteiger partial charge in [0.15, 0.2) is 0 Å². The number of hydrogen-bond donors (Lipinski definition) is 2. The van der Waals surface area contributed by atoms with Gasteiger partial charge in [0.25, 0.3) is 0 Å². The highest BCUT2D eigenvalue weighted by Gasteiger charge is 2.63. The smallest absolute Gasteiger partial charge is 0.318 e. The number of halogens is 5. The first-order valence-corrected chi connectivity index (χ1v) is 10.3. The maximum absolute atomic E-state index is 14.8. The zero-order valence-corrected chi connectivity index (χ0v) is 17.0. The monoisotopic (exact) mass is 447 g/mol. The first kappa shape index (κ1) is 21.2. The van der Waals surface area contributed by atoms with Crippen molar-refractivity contribution in [3.05, 3.63) is 34.4 Å². The van der Waals surface area contributed by atoms with Gasteiger partial charge < -0.3 is 15.5 Å². The SMILES string of the molecule is C[C@@H]1C(=O)NCCN1C(=O)N[C@H](c1ccc(F)c(Cl)c1F)C1CC2(C1)CC(F)(F)C2. The number of urea groups is 1. The zero-order chi connectivity index (χ0) is 21.8. The number of nitrogens with one attached hydrogen (secondary N) is 2. The van der Waals surface area contributed by atoms with Crippen molar-refractivity contribution in [2.24, 2.45) is 11.3 Å². The third-order valence-electron chi connectivity index (χ3n) is 6.57. The fourth-order valence-electron chi connectivity index (χ4n) is 5.13. The van der Waals surface area contributed by atoms with Crippen LogP contribution < -0.4 is 10.6 Å². The van der Waals surface area contributed by atoms with Crippen molar-refractivity contribution < 1.29 is 27.2 Å². The molecule has 0 aromatic heterocycles. The average molecular weight is 448 g/mol. The summed E-state index contributed by atoms with van der Waals surface area (Å²) in [4.78, 5) is 26.1. The first-order valence-electron chi connectivity index (χ1n) is 9.88. The number of rotatable bonds is 3. The van der Waals surface area contributed by atoms with E-state index in [4.69, 9.17) is 11.6 Å². The van der Waals surface area contributed by atoms with E-state index in [2.05, 4.69) is 10.6 Å². The summed E-state index contributed by atoms with van der Waals surface area (Å²) in [6.45, 7) is 2.14. The number of nitrogens with zero attached hydrogens (tertiary/aromatic N) is 1. The molecule has 3 aliphatic rings. The molecule has 0 radical (unpaired) electrons. The quantitative estimate of drug-likeness (QED) is 0.543. The van der Waals surface area contributed by atoms with Crippen LogP contribution in [0.1, 0.15) is 44.2 Å². The van der Waals surface area contributed by atoms with Gasteiger partial charge in [0, 0.05) is 31.5 Å². The molecule has 3 amide bonds. The Morgan fingerprint density at radius 2 is 1.97 bits per heavy atom. The normalized spacial score (nSPS) is 25.9. The van der Waals surface area contributed by atoms with Gasteiger partial charge in [0.05, 0.1) is 6.04 Å². The van der Waals surface area contributed by atoms with Crippen molar-refractivity contribution in [2.45, 2.75) is 50.6 Å². The molecule has 1 spiro atoms. The van der Waals surface area contributed by atoms with Crippen LogP contribution in [0.5, 0.6) is 0 Å². The van der Waals surface area contributed by atoms with Gasteiger partial charge in [-0.25, -0.2) is 22.4 Å². The van der Waals surface area contributed by atoms with Gasteiger partial charge in [0.2, 0.25) is 11.8 Å². The van der Waals surface area contributed by atoms with Gasteiger partial charge in [0.1, 0.15) is 22.7 Å². The lowest BCUT2D eigenvalue weighted by Gasteiger charge is -2.59. The van der Waals surface area contributed by atoms with Crippen LogP contribution in [0.3, 0.4) is 0 Å². The van der Waals surface area contributed by atoms with E-state index < -0.39 is 46.1 Å². The van der Waals surface area contributed by atoms with Gasteiger partial charge in [-0.15, -0.1) is 0 Å². The number of alkyl halides is 2. The molecule has 5 nitrogen and oxygen atoms in total. The first-order chi connectivity index (χ1) is 14.0. The summed E-state index contributed by atoms with van der Waals surface area (Å²) in [5.41, 5.74) is -0.481. The van der Waals surface area contributed by atoms with Crippen LogP contribution in [0.25, 0.3) is 0 Å². The van der Waals surface area contributed by atoms with Crippen LogP contribution >= 0.6 is 11.6 Å². The lowest BCUT2D eigenvalue weighted by Crippen LogP contribution is -2.60. The molecule has 2 aliphatic carbocycles. The van der Waals surface area contributed by atoms with Gasteiger partial charge in [-0.3, -0.25) is 4.79 Å². The summed E-state index contributed by atoms with van der Waals surface area (Å²) in [7, 11) is 0. The standard InChI is InChI=1S/C20H22ClF4N3O2/c1-10-17(29)26-4-5-28(10)18(30)27-16(12-2-3-13(22)14(21)15(12)23)11-6-19(7-11)8-20(24,25)9-19/h2-3,10-11,16H,4-9H2,1H3,(H,26,29)(H,27,30)/t10-,16+/m1/s1. The fraction of sp³-hybridized carbons (Fsp3) is 0.600. The van der Waals surface area contributed by atoms with E-state index in [0.29, 0.717) is 19.4 Å². The lowest BCUT2D eigenvalue weighted by atomic mass is 9.48. The minimum atomic E-state index is -2.68. The van der Waals surface area contributed by atoms with Crippen molar-refractivity contribution in [1.29, 1.82) is 0 Å². The maximum atomic E-state index is 14.8. The summed E-state index contributed by atoms with van der Waals surface area (Å²) in [5.74, 6) is -5.18. The van der Waals surface area contributed by atoms with Crippen molar-refractivity contribution in [2.75, 3.05) is 13.1 Å². The number of carbonyl (C=O) groups excluding carboxylic acids is 2. The Hall–Kier alpha value is -2.03. The largest absolute Gasteiger partial charge is 0.353 e. The number of hydrogen-bond acceptors (Lipinski definition) is 2. The summed E-state index contributed by atoms with van der Waals surface area (Å²) >= 11 is 5.73. The molecule has 2 atom stereocenters. The summed E-state index contributed by atoms with van der Waals surface area (Å²) in [6, 6.07) is 0.0885. The fourth-order valence-corrected chi connectivity index (χ4v) is 5.30. The molecule has 10 heteroatoms. The molecule has 4 rings (SSSR count). The average Bonchev–Trinajstić information content (AvgIpc) is 2.63. The second-order valence-electron chi connectivity index (χ2n) is 8.73. The molecule has 164 valence electrons. The molecule has 1 saturated heterocycles. The third kappa shape index (κ3) is 3.61. The molecule has 1 aromatic rings. The van der Waals surface area contributed by atoms with Crippen LogP contribution in [0.15, 0.2) is 12.1 Å². The molecule has 3 fully saturated rings.